The number of nitrogens with one attached hydrogen (secondary N) is 2. The fourth-order valence-corrected chi connectivity index (χ4v) is 5.44. The summed E-state index contributed by atoms with van der Waals surface area (Å²) in [4.78, 5) is 15.0. The van der Waals surface area contributed by atoms with Crippen LogP contribution in [0.1, 0.15) is 47.2 Å². The van der Waals surface area contributed by atoms with Gasteiger partial charge in [-0.2, -0.15) is 5.17 Å². The van der Waals surface area contributed by atoms with E-state index in [1.54, 1.807) is 0 Å². The largest absolute Gasteiger partial charge is 0.349 e. The van der Waals surface area contributed by atoms with E-state index in [-0.39, 0.29) is 0 Å². The Balaban J connectivity index is 1.33. The van der Waals surface area contributed by atoms with Crippen LogP contribution in [0.3, 0.4) is 0 Å². The molecule has 2 amide bonds. The third kappa shape index (κ3) is 3.36. The van der Waals surface area contributed by atoms with Gasteiger partial charge in [-0.05, 0) is 87.4 Å². The molecule has 1 aromatic carbocycles. The van der Waals surface area contributed by atoms with E-state index >= 15 is 0 Å². The summed E-state index contributed by atoms with van der Waals surface area (Å²) in [7, 11) is 4.17. The monoisotopic (exact) mass is 409 g/mol. The van der Waals surface area contributed by atoms with Gasteiger partial charge in [0.2, 0.25) is 0 Å². The van der Waals surface area contributed by atoms with Crippen molar-refractivity contribution in [2.24, 2.45) is 0 Å². The molecule has 7 heteroatoms. The van der Waals surface area contributed by atoms with Gasteiger partial charge in [-0.1, -0.05) is 6.07 Å². The number of hydrogen-bond acceptors (Lipinski definition) is 4. The molecule has 0 radical (unpaired) electrons. The number of carbonyl (C=O) groups is 1. The molecule has 0 saturated carbocycles. The zero-order valence-corrected chi connectivity index (χ0v) is 17.9. The lowest BCUT2D eigenvalue weighted by Gasteiger charge is -2.31. The highest BCUT2D eigenvalue weighted by molar-refractivity contribution is 5.92. The Morgan fingerprint density at radius 3 is 2.50 bits per heavy atom. The molecule has 0 fully saturated rings. The van der Waals surface area contributed by atoms with Crippen molar-refractivity contribution >= 4 is 17.4 Å². The first-order valence-electron chi connectivity index (χ1n) is 11.1. The van der Waals surface area contributed by atoms with E-state index in [4.69, 9.17) is 0 Å². The minimum absolute atomic E-state index is 0.396. The van der Waals surface area contributed by atoms with Crippen LogP contribution in [0.25, 0.3) is 0 Å². The van der Waals surface area contributed by atoms with Crippen LogP contribution >= 0.6 is 0 Å². The first-order valence-corrected chi connectivity index (χ1v) is 11.1. The normalized spacial score (nSPS) is 19.4. The van der Waals surface area contributed by atoms with Crippen LogP contribution in [0, 0.1) is 0 Å². The molecule has 0 spiro atoms. The van der Waals surface area contributed by atoms with Gasteiger partial charge in [-0.3, -0.25) is 5.21 Å². The van der Waals surface area contributed by atoms with E-state index in [0.717, 1.165) is 74.5 Å². The fraction of sp³-hybridized carbons (Fsp3) is 0.522. The molecule has 7 nitrogen and oxygen atoms in total. The number of hydrazine groups is 1. The number of fused-ring (bicyclic) bond motifs is 3. The van der Waals surface area contributed by atoms with Crippen LogP contribution in [0.2, 0.25) is 0 Å². The lowest BCUT2D eigenvalue weighted by atomic mass is 9.99. The third-order valence-corrected chi connectivity index (χ3v) is 7.06. The summed E-state index contributed by atoms with van der Waals surface area (Å²) < 4.78 is 2.16. The topological polar surface area (TPSA) is 72.8 Å². The van der Waals surface area contributed by atoms with Crippen molar-refractivity contribution in [2.45, 2.75) is 64.0 Å². The van der Waals surface area contributed by atoms with Crippen LogP contribution < -0.4 is 15.9 Å². The van der Waals surface area contributed by atoms with E-state index in [9.17, 15) is 10.0 Å². The van der Waals surface area contributed by atoms with Gasteiger partial charge in [-0.15, -0.1) is 0 Å². The van der Waals surface area contributed by atoms with Crippen molar-refractivity contribution in [1.29, 1.82) is 0 Å². The number of hydrogen-bond donors (Lipinski definition) is 3. The first kappa shape index (κ1) is 19.5. The lowest BCUT2D eigenvalue weighted by molar-refractivity contribution is 0.200. The van der Waals surface area contributed by atoms with Crippen molar-refractivity contribution in [3.8, 4) is 0 Å². The molecule has 1 aromatic heterocycles. The smallest absolute Gasteiger partial charge is 0.339 e. The molecular formula is C23H31N5O2. The van der Waals surface area contributed by atoms with Crippen molar-refractivity contribution in [1.82, 2.24) is 14.9 Å². The van der Waals surface area contributed by atoms with Gasteiger partial charge >= 0.3 is 6.03 Å². The van der Waals surface area contributed by atoms with Gasteiger partial charge in [0.15, 0.2) is 0 Å². The number of nitrogens with zero attached hydrogens (tertiary/aromatic N) is 3. The minimum atomic E-state index is -0.396. The fourth-order valence-electron chi connectivity index (χ4n) is 5.44. The number of likely N-dealkylation sites (N-methyl/N-ethyl adjacent to an activating group) is 1. The summed E-state index contributed by atoms with van der Waals surface area (Å²) in [6.07, 6.45) is 10.4. The zero-order valence-electron chi connectivity index (χ0n) is 17.9. The predicted molar refractivity (Wildman–Crippen MR) is 117 cm³/mol. The van der Waals surface area contributed by atoms with Crippen LogP contribution in [-0.4, -0.2) is 40.8 Å². The Kier molecular flexibility index (Phi) is 4.95. The molecule has 160 valence electrons. The average molecular weight is 410 g/mol. The lowest BCUT2D eigenvalue weighted by Crippen LogP contribution is -2.44. The van der Waals surface area contributed by atoms with Gasteiger partial charge in [0.05, 0.1) is 0 Å². The number of carbonyl (C=O) groups excluding carboxylic acids is 1. The van der Waals surface area contributed by atoms with Crippen molar-refractivity contribution in [3.63, 3.8) is 0 Å². The molecule has 1 aliphatic heterocycles. The van der Waals surface area contributed by atoms with Gasteiger partial charge in [-0.25, -0.2) is 10.2 Å². The second-order valence-electron chi connectivity index (χ2n) is 9.06. The third-order valence-electron chi connectivity index (χ3n) is 7.06. The Morgan fingerprint density at radius 1 is 1.13 bits per heavy atom. The van der Waals surface area contributed by atoms with Crippen molar-refractivity contribution < 1.29 is 10.0 Å². The van der Waals surface area contributed by atoms with E-state index in [2.05, 4.69) is 40.4 Å². The predicted octanol–water partition coefficient (Wildman–Crippen LogP) is 3.27. The van der Waals surface area contributed by atoms with Crippen LogP contribution in [0.15, 0.2) is 18.3 Å². The summed E-state index contributed by atoms with van der Waals surface area (Å²) >= 11 is 0. The molecule has 2 aliphatic carbocycles. The molecule has 2 aromatic rings. The van der Waals surface area contributed by atoms with E-state index < -0.39 is 6.03 Å². The number of urea groups is 1. The number of benzene rings is 1. The van der Waals surface area contributed by atoms with Gasteiger partial charge < -0.3 is 14.8 Å². The Labute approximate surface area is 177 Å². The number of aryl methyl sites for hydroxylation is 3. The number of anilines is 2. The molecule has 1 unspecified atom stereocenters. The quantitative estimate of drug-likeness (QED) is 0.678. The first-order chi connectivity index (χ1) is 14.5. The molecule has 30 heavy (non-hydrogen) atoms. The van der Waals surface area contributed by atoms with Crippen LogP contribution in [-0.2, 0) is 38.6 Å². The van der Waals surface area contributed by atoms with E-state index in [1.165, 1.54) is 22.3 Å². The van der Waals surface area contributed by atoms with Crippen LogP contribution in [0.4, 0.5) is 16.2 Å². The van der Waals surface area contributed by atoms with Crippen molar-refractivity contribution in [2.75, 3.05) is 24.6 Å². The minimum Gasteiger partial charge on any atom is -0.349 e. The summed E-state index contributed by atoms with van der Waals surface area (Å²) in [6, 6.07) is 4.25. The number of amides is 2. The maximum absolute atomic E-state index is 12.8. The van der Waals surface area contributed by atoms with Gasteiger partial charge in [0.25, 0.3) is 0 Å². The van der Waals surface area contributed by atoms with E-state index in [1.807, 2.05) is 12.3 Å². The Morgan fingerprint density at radius 2 is 1.83 bits per heavy atom. The van der Waals surface area contributed by atoms with Crippen molar-refractivity contribution in [3.05, 3.63) is 46.3 Å². The average Bonchev–Trinajstić information content (AvgIpc) is 3.45. The summed E-state index contributed by atoms with van der Waals surface area (Å²) in [6.45, 7) is 0.917. The Bertz CT molecular complexity index is 948. The zero-order chi connectivity index (χ0) is 20.8. The molecule has 3 aliphatic rings. The summed E-state index contributed by atoms with van der Waals surface area (Å²) in [5.41, 5.74) is 10.6. The number of rotatable bonds is 4. The second-order valence-corrected chi connectivity index (χ2v) is 9.06. The molecule has 0 saturated heterocycles. The van der Waals surface area contributed by atoms with Gasteiger partial charge in [0.1, 0.15) is 5.69 Å². The Hall–Kier alpha value is -2.51. The van der Waals surface area contributed by atoms with E-state index in [0.29, 0.717) is 11.7 Å². The molecular weight excluding hydrogens is 378 g/mol. The molecule has 1 atom stereocenters. The number of aromatic nitrogens is 1. The SMILES string of the molecule is CN(C)C1CCn2ccc(N(O)NC(=O)Nc3c4c(cc5c3CCC5)CCC4)c2C1. The standard InChI is InChI=1S/C23H31N5O2/c1-26(2)17-9-11-27-12-10-20(21(27)14-17)28(30)25-23(29)24-22-18-7-3-5-15(18)13-16-6-4-8-19(16)22/h10,12-13,17,30H,3-9,11,14H2,1-2H3,(H2,24,25,29). The highest BCUT2D eigenvalue weighted by Gasteiger charge is 2.27. The van der Waals surface area contributed by atoms with Gasteiger partial charge in [0, 0.05) is 36.6 Å². The summed E-state index contributed by atoms with van der Waals surface area (Å²) in [5.74, 6) is 0. The highest BCUT2D eigenvalue weighted by Crippen LogP contribution is 2.38. The van der Waals surface area contributed by atoms with Crippen LogP contribution in [0.5, 0.6) is 0 Å². The maximum atomic E-state index is 12.8. The summed E-state index contributed by atoms with van der Waals surface area (Å²) in [5, 5.41) is 14.6. The molecule has 5 rings (SSSR count). The second kappa shape index (κ2) is 7.63. The highest BCUT2D eigenvalue weighted by atomic mass is 16.5. The maximum Gasteiger partial charge on any atom is 0.339 e. The molecule has 3 N–H and O–H groups in total. The molecule has 2 heterocycles. The molecule has 0 bridgehead atoms.